The van der Waals surface area contributed by atoms with E-state index in [0.717, 1.165) is 24.9 Å². The minimum absolute atomic E-state index is 0.0643. The fourth-order valence-electron chi connectivity index (χ4n) is 3.99. The second-order valence-corrected chi connectivity index (χ2v) is 8.70. The first-order valence-corrected chi connectivity index (χ1v) is 11.2. The predicted octanol–water partition coefficient (Wildman–Crippen LogP) is 3.50. The van der Waals surface area contributed by atoms with Gasteiger partial charge in [-0.3, -0.25) is 4.79 Å². The van der Waals surface area contributed by atoms with Gasteiger partial charge in [-0.1, -0.05) is 29.3 Å². The zero-order valence-corrected chi connectivity index (χ0v) is 18.8. The van der Waals surface area contributed by atoms with E-state index in [-0.39, 0.29) is 23.8 Å². The molecule has 166 valence electrons. The number of hydrogen-bond acceptors (Lipinski definition) is 6. The molecule has 2 saturated heterocycles. The maximum atomic E-state index is 14.4. The quantitative estimate of drug-likeness (QED) is 0.702. The standard InChI is InChI=1S/C21H25Cl2FN6O/c1-13(15-5-4-14(22)11-16(15)23)27-19-17(24)12-26-21(28-19)30-9-7-29(8-10-30)20(31)18-3-2-6-25-18/h4-5,11-13,18,25H,2-3,6-10H2,1H3,(H,26,27,28)/t13-,18-/m1/s1. The van der Waals surface area contributed by atoms with Crippen molar-refractivity contribution in [2.45, 2.75) is 31.8 Å². The van der Waals surface area contributed by atoms with Crippen molar-refractivity contribution in [2.24, 2.45) is 0 Å². The highest BCUT2D eigenvalue weighted by molar-refractivity contribution is 6.35. The Hall–Kier alpha value is -2.16. The normalized spacial score (nSPS) is 20.1. The molecule has 2 fully saturated rings. The molecule has 0 saturated carbocycles. The average Bonchev–Trinajstić information content (AvgIpc) is 3.30. The predicted molar refractivity (Wildman–Crippen MR) is 120 cm³/mol. The van der Waals surface area contributed by atoms with Gasteiger partial charge in [0.05, 0.1) is 18.3 Å². The second kappa shape index (κ2) is 9.54. The van der Waals surface area contributed by atoms with Crippen LogP contribution in [0, 0.1) is 5.82 Å². The SMILES string of the molecule is C[C@@H](Nc1nc(N2CCN(C(=O)[C@H]3CCCN3)CC2)ncc1F)c1ccc(Cl)cc1Cl. The molecule has 1 amide bonds. The third-order valence-electron chi connectivity index (χ3n) is 5.75. The van der Waals surface area contributed by atoms with Crippen LogP contribution in [0.15, 0.2) is 24.4 Å². The molecule has 0 spiro atoms. The lowest BCUT2D eigenvalue weighted by Gasteiger charge is -2.36. The molecule has 2 aromatic rings. The maximum absolute atomic E-state index is 14.4. The van der Waals surface area contributed by atoms with E-state index in [1.54, 1.807) is 18.2 Å². The molecule has 1 aromatic carbocycles. The first kappa shape index (κ1) is 22.0. The van der Waals surface area contributed by atoms with E-state index in [4.69, 9.17) is 23.2 Å². The summed E-state index contributed by atoms with van der Waals surface area (Å²) in [5, 5.41) is 7.37. The summed E-state index contributed by atoms with van der Waals surface area (Å²) >= 11 is 12.2. The molecule has 2 N–H and O–H groups in total. The molecule has 0 bridgehead atoms. The number of anilines is 2. The summed E-state index contributed by atoms with van der Waals surface area (Å²) in [5.74, 6) is 0.163. The number of halogens is 3. The Morgan fingerprint density at radius 1 is 1.29 bits per heavy atom. The summed E-state index contributed by atoms with van der Waals surface area (Å²) in [4.78, 5) is 25.0. The van der Waals surface area contributed by atoms with Gasteiger partial charge in [0.15, 0.2) is 11.6 Å². The molecule has 7 nitrogen and oxygen atoms in total. The Kier molecular flexibility index (Phi) is 6.79. The molecule has 10 heteroatoms. The van der Waals surface area contributed by atoms with E-state index in [2.05, 4.69) is 20.6 Å². The number of benzene rings is 1. The summed E-state index contributed by atoms with van der Waals surface area (Å²) in [5.41, 5.74) is 0.790. The molecule has 3 heterocycles. The van der Waals surface area contributed by atoms with Crippen molar-refractivity contribution in [1.29, 1.82) is 0 Å². The Balaban J connectivity index is 1.41. The van der Waals surface area contributed by atoms with Gasteiger partial charge >= 0.3 is 0 Å². The molecule has 0 aliphatic carbocycles. The van der Waals surface area contributed by atoms with Crippen molar-refractivity contribution in [3.8, 4) is 0 Å². The summed E-state index contributed by atoms with van der Waals surface area (Å²) < 4.78 is 14.4. The largest absolute Gasteiger partial charge is 0.361 e. The van der Waals surface area contributed by atoms with Crippen LogP contribution in [0.1, 0.15) is 31.4 Å². The van der Waals surface area contributed by atoms with Crippen LogP contribution in [0.25, 0.3) is 0 Å². The fraction of sp³-hybridized carbons (Fsp3) is 0.476. The molecular formula is C21H25Cl2FN6O. The zero-order chi connectivity index (χ0) is 22.0. The van der Waals surface area contributed by atoms with Crippen molar-refractivity contribution in [3.63, 3.8) is 0 Å². The van der Waals surface area contributed by atoms with Crippen LogP contribution in [-0.4, -0.2) is 59.5 Å². The van der Waals surface area contributed by atoms with Crippen molar-refractivity contribution in [3.05, 3.63) is 45.8 Å². The first-order chi connectivity index (χ1) is 14.9. The Labute approximate surface area is 190 Å². The first-order valence-electron chi connectivity index (χ1n) is 10.4. The third-order valence-corrected chi connectivity index (χ3v) is 6.31. The monoisotopic (exact) mass is 466 g/mol. The van der Waals surface area contributed by atoms with Crippen LogP contribution in [0.4, 0.5) is 16.2 Å². The van der Waals surface area contributed by atoms with Gasteiger partial charge in [-0.15, -0.1) is 0 Å². The lowest BCUT2D eigenvalue weighted by molar-refractivity contribution is -0.133. The molecule has 1 aromatic heterocycles. The van der Waals surface area contributed by atoms with Crippen molar-refractivity contribution in [1.82, 2.24) is 20.2 Å². The molecule has 2 atom stereocenters. The number of nitrogens with one attached hydrogen (secondary N) is 2. The minimum Gasteiger partial charge on any atom is -0.361 e. The molecule has 31 heavy (non-hydrogen) atoms. The van der Waals surface area contributed by atoms with Crippen molar-refractivity contribution in [2.75, 3.05) is 42.9 Å². The summed E-state index contributed by atoms with van der Waals surface area (Å²) in [6.07, 6.45) is 3.10. The highest BCUT2D eigenvalue weighted by atomic mass is 35.5. The van der Waals surface area contributed by atoms with E-state index in [9.17, 15) is 9.18 Å². The summed E-state index contributed by atoms with van der Waals surface area (Å²) in [6, 6.07) is 4.85. The highest BCUT2D eigenvalue weighted by Crippen LogP contribution is 2.29. The molecule has 2 aliphatic heterocycles. The van der Waals surface area contributed by atoms with Gasteiger partial charge in [0.1, 0.15) is 0 Å². The van der Waals surface area contributed by atoms with Gasteiger partial charge in [-0.2, -0.15) is 4.98 Å². The van der Waals surface area contributed by atoms with Crippen molar-refractivity contribution < 1.29 is 9.18 Å². The van der Waals surface area contributed by atoms with Crippen LogP contribution >= 0.6 is 23.2 Å². The smallest absolute Gasteiger partial charge is 0.239 e. The van der Waals surface area contributed by atoms with E-state index < -0.39 is 5.82 Å². The van der Waals surface area contributed by atoms with E-state index in [1.807, 2.05) is 16.7 Å². The Morgan fingerprint density at radius 3 is 2.74 bits per heavy atom. The van der Waals surface area contributed by atoms with Crippen molar-refractivity contribution >= 4 is 40.9 Å². The Morgan fingerprint density at radius 2 is 2.06 bits per heavy atom. The van der Waals surface area contributed by atoms with Crippen LogP contribution in [0.2, 0.25) is 10.0 Å². The summed E-state index contributed by atoms with van der Waals surface area (Å²) in [6.45, 7) is 5.16. The van der Waals surface area contributed by atoms with Gasteiger partial charge in [0, 0.05) is 36.2 Å². The third kappa shape index (κ3) is 5.02. The number of carbonyl (C=O) groups is 1. The number of rotatable bonds is 5. The number of piperazine rings is 1. The van der Waals surface area contributed by atoms with Crippen LogP contribution in [0.5, 0.6) is 0 Å². The van der Waals surface area contributed by atoms with Crippen LogP contribution in [-0.2, 0) is 4.79 Å². The molecular weight excluding hydrogens is 442 g/mol. The van der Waals surface area contributed by atoms with Gasteiger partial charge in [-0.05, 0) is 44.0 Å². The Bertz CT molecular complexity index is 947. The van der Waals surface area contributed by atoms with E-state index in [1.165, 1.54) is 6.20 Å². The highest BCUT2D eigenvalue weighted by Gasteiger charge is 2.30. The molecule has 2 aliphatic rings. The molecule has 0 unspecified atom stereocenters. The van der Waals surface area contributed by atoms with Gasteiger partial charge in [0.25, 0.3) is 0 Å². The fourth-order valence-corrected chi connectivity index (χ4v) is 4.56. The average molecular weight is 467 g/mol. The number of aromatic nitrogens is 2. The zero-order valence-electron chi connectivity index (χ0n) is 17.2. The van der Waals surface area contributed by atoms with Crippen LogP contribution < -0.4 is 15.5 Å². The van der Waals surface area contributed by atoms with Crippen LogP contribution in [0.3, 0.4) is 0 Å². The number of hydrogen-bond donors (Lipinski definition) is 2. The minimum atomic E-state index is -0.540. The van der Waals surface area contributed by atoms with Gasteiger partial charge in [-0.25, -0.2) is 9.37 Å². The van der Waals surface area contributed by atoms with E-state index >= 15 is 0 Å². The lowest BCUT2D eigenvalue weighted by atomic mass is 10.1. The van der Waals surface area contributed by atoms with Gasteiger partial charge in [0.2, 0.25) is 11.9 Å². The van der Waals surface area contributed by atoms with Gasteiger partial charge < -0.3 is 20.4 Å². The number of carbonyl (C=O) groups excluding carboxylic acids is 1. The number of amides is 1. The molecule has 0 radical (unpaired) electrons. The topological polar surface area (TPSA) is 73.4 Å². The summed E-state index contributed by atoms with van der Waals surface area (Å²) in [7, 11) is 0. The maximum Gasteiger partial charge on any atom is 0.239 e. The second-order valence-electron chi connectivity index (χ2n) is 7.86. The van der Waals surface area contributed by atoms with E-state index in [0.29, 0.717) is 42.2 Å². The lowest BCUT2D eigenvalue weighted by Crippen LogP contribution is -2.53. The number of nitrogens with zero attached hydrogens (tertiary/aromatic N) is 4. The molecule has 4 rings (SSSR count).